The average molecular weight is 232 g/mol. The van der Waals surface area contributed by atoms with Crippen molar-refractivity contribution in [1.82, 2.24) is 4.90 Å². The molecule has 2 rings (SSSR count). The third-order valence-electron chi connectivity index (χ3n) is 3.90. The van der Waals surface area contributed by atoms with Crippen LogP contribution in [0.5, 0.6) is 0 Å². The van der Waals surface area contributed by atoms with Crippen LogP contribution in [0.3, 0.4) is 0 Å². The normalized spacial score (nSPS) is 21.6. The van der Waals surface area contributed by atoms with Crippen LogP contribution in [0.2, 0.25) is 0 Å². The molecule has 2 heteroatoms. The van der Waals surface area contributed by atoms with Crippen LogP contribution in [0.25, 0.3) is 0 Å². The zero-order valence-electron chi connectivity index (χ0n) is 10.9. The van der Waals surface area contributed by atoms with E-state index in [0.29, 0.717) is 0 Å². The number of benzene rings is 1. The number of likely N-dealkylation sites (tertiary alicyclic amines) is 1. The highest BCUT2D eigenvalue weighted by Gasteiger charge is 2.18. The van der Waals surface area contributed by atoms with Gasteiger partial charge in [0.15, 0.2) is 0 Å². The van der Waals surface area contributed by atoms with Crippen molar-refractivity contribution in [3.63, 3.8) is 0 Å². The van der Waals surface area contributed by atoms with Crippen LogP contribution in [0.4, 0.5) is 0 Å². The number of piperidine rings is 1. The lowest BCUT2D eigenvalue weighted by molar-refractivity contribution is 0.180. The van der Waals surface area contributed by atoms with E-state index in [1.807, 2.05) is 0 Å². The third kappa shape index (κ3) is 3.55. The SMILES string of the molecule is Cc1ccccc1CCN1CCCC(CN)C1. The predicted molar refractivity (Wildman–Crippen MR) is 73.1 cm³/mol. The fraction of sp³-hybridized carbons (Fsp3) is 0.600. The quantitative estimate of drug-likeness (QED) is 0.862. The Labute approximate surface area is 105 Å². The fourth-order valence-electron chi connectivity index (χ4n) is 2.72. The van der Waals surface area contributed by atoms with E-state index >= 15 is 0 Å². The molecule has 17 heavy (non-hydrogen) atoms. The summed E-state index contributed by atoms with van der Waals surface area (Å²) in [5, 5.41) is 0. The predicted octanol–water partition coefficient (Wildman–Crippen LogP) is 2.21. The van der Waals surface area contributed by atoms with Gasteiger partial charge in [0.1, 0.15) is 0 Å². The second-order valence-corrected chi connectivity index (χ2v) is 5.22. The van der Waals surface area contributed by atoms with E-state index in [-0.39, 0.29) is 0 Å². The summed E-state index contributed by atoms with van der Waals surface area (Å²) in [6, 6.07) is 8.71. The Morgan fingerprint density at radius 3 is 2.94 bits per heavy atom. The Balaban J connectivity index is 1.84. The number of rotatable bonds is 4. The fourth-order valence-corrected chi connectivity index (χ4v) is 2.72. The van der Waals surface area contributed by atoms with Crippen molar-refractivity contribution in [3.8, 4) is 0 Å². The molecule has 0 spiro atoms. The van der Waals surface area contributed by atoms with E-state index in [2.05, 4.69) is 36.1 Å². The minimum Gasteiger partial charge on any atom is -0.330 e. The van der Waals surface area contributed by atoms with E-state index in [4.69, 9.17) is 5.73 Å². The number of hydrogen-bond donors (Lipinski definition) is 1. The average Bonchev–Trinajstić information content (AvgIpc) is 2.38. The summed E-state index contributed by atoms with van der Waals surface area (Å²) in [6.45, 7) is 6.68. The van der Waals surface area contributed by atoms with Gasteiger partial charge in [-0.05, 0) is 56.3 Å². The van der Waals surface area contributed by atoms with Crippen molar-refractivity contribution >= 4 is 0 Å². The number of nitrogens with two attached hydrogens (primary N) is 1. The number of hydrogen-bond acceptors (Lipinski definition) is 2. The molecule has 1 aliphatic heterocycles. The van der Waals surface area contributed by atoms with Gasteiger partial charge in [-0.3, -0.25) is 0 Å². The Bertz CT molecular complexity index is 349. The molecule has 1 aromatic carbocycles. The topological polar surface area (TPSA) is 29.3 Å². The van der Waals surface area contributed by atoms with E-state index in [0.717, 1.165) is 12.5 Å². The first-order valence-corrected chi connectivity index (χ1v) is 6.76. The van der Waals surface area contributed by atoms with Crippen LogP contribution in [-0.2, 0) is 6.42 Å². The van der Waals surface area contributed by atoms with Gasteiger partial charge in [-0.1, -0.05) is 24.3 Å². The lowest BCUT2D eigenvalue weighted by Gasteiger charge is -2.32. The van der Waals surface area contributed by atoms with Gasteiger partial charge in [-0.15, -0.1) is 0 Å². The Morgan fingerprint density at radius 1 is 1.35 bits per heavy atom. The smallest absolute Gasteiger partial charge is 0.00220 e. The van der Waals surface area contributed by atoms with Gasteiger partial charge in [0.2, 0.25) is 0 Å². The van der Waals surface area contributed by atoms with E-state index in [9.17, 15) is 0 Å². The first-order valence-electron chi connectivity index (χ1n) is 6.76. The molecule has 0 radical (unpaired) electrons. The molecule has 1 heterocycles. The van der Waals surface area contributed by atoms with Gasteiger partial charge < -0.3 is 10.6 Å². The van der Waals surface area contributed by atoms with Crippen molar-refractivity contribution in [2.24, 2.45) is 11.7 Å². The van der Waals surface area contributed by atoms with E-state index in [1.54, 1.807) is 0 Å². The monoisotopic (exact) mass is 232 g/mol. The van der Waals surface area contributed by atoms with Crippen molar-refractivity contribution < 1.29 is 0 Å². The Kier molecular flexibility index (Phi) is 4.57. The van der Waals surface area contributed by atoms with Gasteiger partial charge >= 0.3 is 0 Å². The summed E-state index contributed by atoms with van der Waals surface area (Å²) < 4.78 is 0. The standard InChI is InChI=1S/C15H24N2/c1-13-5-2-3-7-15(13)8-10-17-9-4-6-14(11-16)12-17/h2-3,5,7,14H,4,6,8-12,16H2,1H3. The zero-order chi connectivity index (χ0) is 12.1. The first kappa shape index (κ1) is 12.6. The summed E-state index contributed by atoms with van der Waals surface area (Å²) in [5.74, 6) is 0.723. The van der Waals surface area contributed by atoms with Crippen LogP contribution < -0.4 is 5.73 Å². The van der Waals surface area contributed by atoms with Gasteiger partial charge in [-0.25, -0.2) is 0 Å². The Morgan fingerprint density at radius 2 is 2.18 bits per heavy atom. The molecule has 1 unspecified atom stereocenters. The molecular weight excluding hydrogens is 208 g/mol. The van der Waals surface area contributed by atoms with Crippen molar-refractivity contribution in [3.05, 3.63) is 35.4 Å². The van der Waals surface area contributed by atoms with Crippen LogP contribution in [0, 0.1) is 12.8 Å². The summed E-state index contributed by atoms with van der Waals surface area (Å²) in [6.07, 6.45) is 3.80. The first-order chi connectivity index (χ1) is 8.29. The molecule has 1 atom stereocenters. The molecule has 2 N–H and O–H groups in total. The summed E-state index contributed by atoms with van der Waals surface area (Å²) >= 11 is 0. The van der Waals surface area contributed by atoms with Crippen LogP contribution in [0.15, 0.2) is 24.3 Å². The number of nitrogens with zero attached hydrogens (tertiary/aromatic N) is 1. The molecule has 1 fully saturated rings. The van der Waals surface area contributed by atoms with Gasteiger partial charge in [0, 0.05) is 13.1 Å². The highest BCUT2D eigenvalue weighted by atomic mass is 15.1. The zero-order valence-corrected chi connectivity index (χ0v) is 10.9. The van der Waals surface area contributed by atoms with Crippen LogP contribution in [-0.4, -0.2) is 31.1 Å². The molecule has 0 aromatic heterocycles. The minimum absolute atomic E-state index is 0.723. The molecule has 0 amide bonds. The van der Waals surface area contributed by atoms with Crippen molar-refractivity contribution in [1.29, 1.82) is 0 Å². The maximum absolute atomic E-state index is 5.77. The van der Waals surface area contributed by atoms with E-state index in [1.165, 1.54) is 50.0 Å². The van der Waals surface area contributed by atoms with Gasteiger partial charge in [0.25, 0.3) is 0 Å². The lowest BCUT2D eigenvalue weighted by Crippen LogP contribution is -2.39. The lowest BCUT2D eigenvalue weighted by atomic mass is 9.97. The largest absolute Gasteiger partial charge is 0.330 e. The molecule has 0 aliphatic carbocycles. The van der Waals surface area contributed by atoms with Crippen LogP contribution >= 0.6 is 0 Å². The molecule has 2 nitrogen and oxygen atoms in total. The maximum Gasteiger partial charge on any atom is 0.00220 e. The highest BCUT2D eigenvalue weighted by molar-refractivity contribution is 5.25. The van der Waals surface area contributed by atoms with Crippen molar-refractivity contribution in [2.75, 3.05) is 26.2 Å². The molecule has 0 saturated carbocycles. The highest BCUT2D eigenvalue weighted by Crippen LogP contribution is 2.16. The summed E-state index contributed by atoms with van der Waals surface area (Å²) in [7, 11) is 0. The molecule has 1 aromatic rings. The number of aryl methyl sites for hydroxylation is 1. The second-order valence-electron chi connectivity index (χ2n) is 5.22. The summed E-state index contributed by atoms with van der Waals surface area (Å²) in [5.41, 5.74) is 8.68. The molecule has 94 valence electrons. The third-order valence-corrected chi connectivity index (χ3v) is 3.90. The molecule has 0 bridgehead atoms. The van der Waals surface area contributed by atoms with Gasteiger partial charge in [-0.2, -0.15) is 0 Å². The van der Waals surface area contributed by atoms with Crippen molar-refractivity contribution in [2.45, 2.75) is 26.2 Å². The van der Waals surface area contributed by atoms with Crippen LogP contribution in [0.1, 0.15) is 24.0 Å². The maximum atomic E-state index is 5.77. The minimum atomic E-state index is 0.723. The van der Waals surface area contributed by atoms with E-state index < -0.39 is 0 Å². The van der Waals surface area contributed by atoms with Gasteiger partial charge in [0.05, 0.1) is 0 Å². The molecular formula is C15H24N2. The summed E-state index contributed by atoms with van der Waals surface area (Å²) in [4.78, 5) is 2.58. The molecule has 1 saturated heterocycles. The Hall–Kier alpha value is -0.860. The molecule has 1 aliphatic rings. The second kappa shape index (κ2) is 6.18.